The topological polar surface area (TPSA) is 49.4 Å². The summed E-state index contributed by atoms with van der Waals surface area (Å²) in [6, 6.07) is 9.25. The molecule has 1 aromatic carbocycles. The minimum absolute atomic E-state index is 0.127. The Morgan fingerprint density at radius 2 is 1.89 bits per heavy atom. The van der Waals surface area contributed by atoms with Gasteiger partial charge in [0.1, 0.15) is 5.54 Å². The third-order valence-corrected chi connectivity index (χ3v) is 3.28. The van der Waals surface area contributed by atoms with E-state index >= 15 is 0 Å². The van der Waals surface area contributed by atoms with Gasteiger partial charge in [0.2, 0.25) is 0 Å². The molecule has 1 aromatic rings. The molecule has 0 saturated carbocycles. The molecule has 0 unspecified atom stereocenters. The largest absolute Gasteiger partial charge is 0.325 e. The number of nitrogens with one attached hydrogen (secondary N) is 1. The molecule has 0 aromatic heterocycles. The van der Waals surface area contributed by atoms with Crippen LogP contribution in [0, 0.1) is 0 Å². The summed E-state index contributed by atoms with van der Waals surface area (Å²) in [4.78, 5) is 25.4. The van der Waals surface area contributed by atoms with Gasteiger partial charge in [0.25, 0.3) is 5.91 Å². The maximum atomic E-state index is 12.3. The predicted molar refractivity (Wildman–Crippen MR) is 68.8 cm³/mol. The van der Waals surface area contributed by atoms with Crippen molar-refractivity contribution in [2.75, 3.05) is 0 Å². The fraction of sp³-hybridized carbons (Fsp3) is 0.429. The third-order valence-electron chi connectivity index (χ3n) is 3.28. The van der Waals surface area contributed by atoms with Gasteiger partial charge in [-0.15, -0.1) is 0 Å². The lowest BCUT2D eigenvalue weighted by molar-refractivity contribution is -0.131. The number of rotatable bonds is 4. The highest BCUT2D eigenvalue weighted by atomic mass is 16.2. The van der Waals surface area contributed by atoms with Crippen LogP contribution in [0.15, 0.2) is 30.3 Å². The minimum atomic E-state index is -0.736. The molecule has 1 atom stereocenters. The highest BCUT2D eigenvalue weighted by Gasteiger charge is 2.46. The SMILES string of the molecule is CCC[C@]1(C)NC(=O)N(Cc2ccccc2)C1=O. The number of carbonyl (C=O) groups is 2. The maximum Gasteiger partial charge on any atom is 0.325 e. The van der Waals surface area contributed by atoms with Crippen LogP contribution >= 0.6 is 0 Å². The van der Waals surface area contributed by atoms with E-state index in [1.54, 1.807) is 6.92 Å². The molecule has 0 bridgehead atoms. The molecule has 0 aliphatic carbocycles. The number of urea groups is 1. The first-order chi connectivity index (χ1) is 8.57. The highest BCUT2D eigenvalue weighted by molar-refractivity contribution is 6.06. The quantitative estimate of drug-likeness (QED) is 0.829. The molecule has 1 saturated heterocycles. The summed E-state index contributed by atoms with van der Waals surface area (Å²) in [7, 11) is 0. The van der Waals surface area contributed by atoms with Gasteiger partial charge in [-0.2, -0.15) is 0 Å². The molecule has 18 heavy (non-hydrogen) atoms. The summed E-state index contributed by atoms with van der Waals surface area (Å²) in [5, 5.41) is 2.79. The van der Waals surface area contributed by atoms with Crippen LogP contribution in [0.4, 0.5) is 4.79 Å². The van der Waals surface area contributed by atoms with E-state index in [2.05, 4.69) is 5.32 Å². The first-order valence-electron chi connectivity index (χ1n) is 6.25. The van der Waals surface area contributed by atoms with Crippen molar-refractivity contribution in [3.8, 4) is 0 Å². The van der Waals surface area contributed by atoms with Crippen molar-refractivity contribution in [3.63, 3.8) is 0 Å². The first-order valence-corrected chi connectivity index (χ1v) is 6.25. The smallest absolute Gasteiger partial charge is 0.323 e. The summed E-state index contributed by atoms with van der Waals surface area (Å²) < 4.78 is 0. The second-order valence-electron chi connectivity index (χ2n) is 4.89. The van der Waals surface area contributed by atoms with Crippen LogP contribution in [0.25, 0.3) is 0 Å². The molecule has 3 amide bonds. The monoisotopic (exact) mass is 246 g/mol. The normalized spacial score (nSPS) is 23.3. The molecule has 1 aliphatic heterocycles. The van der Waals surface area contributed by atoms with Crippen molar-refractivity contribution in [1.29, 1.82) is 0 Å². The highest BCUT2D eigenvalue weighted by Crippen LogP contribution is 2.23. The zero-order chi connectivity index (χ0) is 13.2. The van der Waals surface area contributed by atoms with E-state index in [0.29, 0.717) is 13.0 Å². The van der Waals surface area contributed by atoms with E-state index in [4.69, 9.17) is 0 Å². The van der Waals surface area contributed by atoms with Crippen LogP contribution in [0.5, 0.6) is 0 Å². The van der Waals surface area contributed by atoms with Gasteiger partial charge < -0.3 is 5.32 Å². The van der Waals surface area contributed by atoms with E-state index in [9.17, 15) is 9.59 Å². The Balaban J connectivity index is 2.15. The number of amides is 3. The summed E-state index contributed by atoms with van der Waals surface area (Å²) >= 11 is 0. The number of benzene rings is 1. The van der Waals surface area contributed by atoms with Gasteiger partial charge in [0.15, 0.2) is 0 Å². The van der Waals surface area contributed by atoms with Gasteiger partial charge in [0.05, 0.1) is 6.54 Å². The van der Waals surface area contributed by atoms with Crippen LogP contribution in [0.1, 0.15) is 32.3 Å². The number of carbonyl (C=O) groups excluding carboxylic acids is 2. The van der Waals surface area contributed by atoms with Crippen molar-refractivity contribution in [1.82, 2.24) is 10.2 Å². The molecule has 0 radical (unpaired) electrons. The third kappa shape index (κ3) is 2.23. The van der Waals surface area contributed by atoms with E-state index in [1.807, 2.05) is 37.3 Å². The Bertz CT molecular complexity index is 458. The average Bonchev–Trinajstić information content (AvgIpc) is 2.55. The van der Waals surface area contributed by atoms with Crippen molar-refractivity contribution >= 4 is 11.9 Å². The lowest BCUT2D eigenvalue weighted by Gasteiger charge is -2.20. The second-order valence-corrected chi connectivity index (χ2v) is 4.89. The molecule has 0 spiro atoms. The number of nitrogens with zero attached hydrogens (tertiary/aromatic N) is 1. The zero-order valence-corrected chi connectivity index (χ0v) is 10.8. The molecule has 4 heteroatoms. The number of hydrogen-bond acceptors (Lipinski definition) is 2. The Morgan fingerprint density at radius 3 is 2.50 bits per heavy atom. The predicted octanol–water partition coefficient (Wildman–Crippen LogP) is 2.30. The number of hydrogen-bond donors (Lipinski definition) is 1. The Hall–Kier alpha value is -1.84. The summed E-state index contributed by atoms with van der Waals surface area (Å²) in [5.41, 5.74) is 0.224. The van der Waals surface area contributed by atoms with E-state index in [-0.39, 0.29) is 11.9 Å². The maximum absolute atomic E-state index is 12.3. The van der Waals surface area contributed by atoms with E-state index in [1.165, 1.54) is 4.90 Å². The molecular weight excluding hydrogens is 228 g/mol. The second kappa shape index (κ2) is 4.80. The molecule has 1 aliphatic rings. The first kappa shape index (κ1) is 12.6. The van der Waals surface area contributed by atoms with Gasteiger partial charge in [-0.3, -0.25) is 9.69 Å². The molecule has 1 heterocycles. The summed E-state index contributed by atoms with van der Waals surface area (Å²) in [6.07, 6.45) is 1.53. The van der Waals surface area contributed by atoms with Gasteiger partial charge in [0, 0.05) is 0 Å². The van der Waals surface area contributed by atoms with Crippen molar-refractivity contribution in [2.24, 2.45) is 0 Å². The van der Waals surface area contributed by atoms with Gasteiger partial charge in [-0.05, 0) is 18.9 Å². The Morgan fingerprint density at radius 1 is 1.22 bits per heavy atom. The van der Waals surface area contributed by atoms with Gasteiger partial charge in [-0.1, -0.05) is 43.7 Å². The molecular formula is C14H18N2O2. The fourth-order valence-electron chi connectivity index (χ4n) is 2.33. The lowest BCUT2D eigenvalue weighted by atomic mass is 9.96. The van der Waals surface area contributed by atoms with Crippen molar-refractivity contribution in [3.05, 3.63) is 35.9 Å². The Kier molecular flexibility index (Phi) is 3.36. The van der Waals surface area contributed by atoms with Crippen LogP contribution in [-0.2, 0) is 11.3 Å². The lowest BCUT2D eigenvalue weighted by Crippen LogP contribution is -2.43. The molecule has 96 valence electrons. The molecule has 1 N–H and O–H groups in total. The summed E-state index contributed by atoms with van der Waals surface area (Å²) in [6.45, 7) is 4.14. The van der Waals surface area contributed by atoms with Crippen LogP contribution in [0.2, 0.25) is 0 Å². The molecule has 2 rings (SSSR count). The van der Waals surface area contributed by atoms with E-state index < -0.39 is 5.54 Å². The minimum Gasteiger partial charge on any atom is -0.323 e. The molecule has 4 nitrogen and oxygen atoms in total. The van der Waals surface area contributed by atoms with E-state index in [0.717, 1.165) is 12.0 Å². The van der Waals surface area contributed by atoms with Crippen molar-refractivity contribution < 1.29 is 9.59 Å². The van der Waals surface area contributed by atoms with Gasteiger partial charge in [-0.25, -0.2) is 4.79 Å². The molecule has 1 fully saturated rings. The fourth-order valence-corrected chi connectivity index (χ4v) is 2.33. The van der Waals surface area contributed by atoms with Crippen LogP contribution in [-0.4, -0.2) is 22.4 Å². The standard InChI is InChI=1S/C14H18N2O2/c1-3-9-14(2)12(17)16(13(18)15-14)10-11-7-5-4-6-8-11/h4-8H,3,9-10H2,1-2H3,(H,15,18)/t14-/m0/s1. The van der Waals surface area contributed by atoms with Gasteiger partial charge >= 0.3 is 6.03 Å². The summed E-state index contributed by atoms with van der Waals surface area (Å²) in [5.74, 6) is -0.127. The average molecular weight is 246 g/mol. The van der Waals surface area contributed by atoms with Crippen molar-refractivity contribution in [2.45, 2.75) is 38.8 Å². The zero-order valence-electron chi connectivity index (χ0n) is 10.8. The van der Waals surface area contributed by atoms with Crippen LogP contribution < -0.4 is 5.32 Å². The Labute approximate surface area is 107 Å². The number of imide groups is 1. The van der Waals surface area contributed by atoms with Crippen LogP contribution in [0.3, 0.4) is 0 Å².